The molecule has 1 fully saturated rings. The maximum absolute atomic E-state index is 10.3. The maximum atomic E-state index is 10.3. The van der Waals surface area contributed by atoms with Crippen molar-refractivity contribution in [2.24, 2.45) is 5.92 Å². The van der Waals surface area contributed by atoms with Gasteiger partial charge in [0.2, 0.25) is 5.95 Å². The molecule has 0 bridgehead atoms. The molecule has 8 heteroatoms. The molecule has 2 aromatic carbocycles. The number of hydrogen-bond acceptors (Lipinski definition) is 8. The number of hydrogen-bond donors (Lipinski definition) is 3. The molecule has 0 aliphatic heterocycles. The van der Waals surface area contributed by atoms with Crippen LogP contribution < -0.4 is 5.32 Å². The summed E-state index contributed by atoms with van der Waals surface area (Å²) in [5, 5.41) is 27.9. The topological polar surface area (TPSA) is 117 Å². The van der Waals surface area contributed by atoms with Crippen LogP contribution in [0, 0.1) is 5.92 Å². The van der Waals surface area contributed by atoms with E-state index in [9.17, 15) is 10.2 Å². The van der Waals surface area contributed by atoms with Crippen molar-refractivity contribution in [3.63, 3.8) is 0 Å². The summed E-state index contributed by atoms with van der Waals surface area (Å²) in [5.74, 6) is 2.43. The van der Waals surface area contributed by atoms with Gasteiger partial charge in [-0.2, -0.15) is 0 Å². The zero-order valence-electron chi connectivity index (χ0n) is 21.7. The van der Waals surface area contributed by atoms with Crippen LogP contribution in [0.3, 0.4) is 0 Å². The minimum absolute atomic E-state index is 0.290. The van der Waals surface area contributed by atoms with Crippen molar-refractivity contribution in [1.29, 1.82) is 0 Å². The van der Waals surface area contributed by atoms with Crippen LogP contribution in [0.25, 0.3) is 33.5 Å². The third-order valence-electron chi connectivity index (χ3n) is 7.74. The summed E-state index contributed by atoms with van der Waals surface area (Å²) < 4.78 is 11.0. The largest absolute Gasteiger partial charge is 0.465 e. The third kappa shape index (κ3) is 5.57. The van der Waals surface area contributed by atoms with Crippen molar-refractivity contribution in [2.75, 3.05) is 11.9 Å². The van der Waals surface area contributed by atoms with Gasteiger partial charge in [0.1, 0.15) is 5.52 Å². The molecule has 0 amide bonds. The Morgan fingerprint density at radius 2 is 1.74 bits per heavy atom. The van der Waals surface area contributed by atoms with E-state index in [-0.39, 0.29) is 0 Å². The molecule has 0 saturated heterocycles. The summed E-state index contributed by atoms with van der Waals surface area (Å²) in [6, 6.07) is 19.8. The molecule has 3 N–H and O–H groups in total. The fraction of sp³-hybridized carbons (Fsp3) is 0.323. The number of nitrogens with zero attached hydrogens (tertiary/aromatic N) is 3. The molecule has 6 rings (SSSR count). The van der Waals surface area contributed by atoms with E-state index in [1.807, 2.05) is 24.3 Å². The van der Waals surface area contributed by atoms with Crippen LogP contribution >= 0.6 is 0 Å². The van der Waals surface area contributed by atoms with Gasteiger partial charge in [-0.25, -0.2) is 9.97 Å². The monoisotopic (exact) mass is 524 g/mol. The molecule has 3 heterocycles. The summed E-state index contributed by atoms with van der Waals surface area (Å²) in [7, 11) is 0. The Kier molecular flexibility index (Phi) is 7.38. The van der Waals surface area contributed by atoms with Gasteiger partial charge in [-0.05, 0) is 73.4 Å². The first-order chi connectivity index (χ1) is 19.2. The molecular formula is C31H32N4O4. The number of aromatic nitrogens is 3. The highest BCUT2D eigenvalue weighted by atomic mass is 16.5. The summed E-state index contributed by atoms with van der Waals surface area (Å²) in [6.45, 7) is 0.316. The first kappa shape index (κ1) is 25.3. The van der Waals surface area contributed by atoms with Crippen molar-refractivity contribution in [1.82, 2.24) is 15.1 Å². The zero-order chi connectivity index (χ0) is 26.6. The van der Waals surface area contributed by atoms with Gasteiger partial charge >= 0.3 is 0 Å². The predicted octanol–water partition coefficient (Wildman–Crippen LogP) is 6.69. The molecule has 1 saturated carbocycles. The van der Waals surface area contributed by atoms with Gasteiger partial charge < -0.3 is 24.5 Å². The molecular weight excluding hydrogens is 492 g/mol. The molecule has 5 aromatic rings. The standard InChI is InChI=1S/C31H32N4O4/c36-19-20-4-1-6-21(7-2-5-20)22-9-11-23(12-10-22)29-25-18-24(13-14-27(25)35-39-29)26-15-16-32-31(33-26)34-30(37)28-8-3-17-38-28/h3,8-18,20-21,30,36-37H,1-2,4-7,19H2,(H,32,33,34). The quantitative estimate of drug-likeness (QED) is 0.202. The first-order valence-corrected chi connectivity index (χ1v) is 13.6. The van der Waals surface area contributed by atoms with Crippen molar-refractivity contribution < 1.29 is 19.2 Å². The summed E-state index contributed by atoms with van der Waals surface area (Å²) in [5.41, 5.74) is 4.71. The molecule has 1 aliphatic rings. The smallest absolute Gasteiger partial charge is 0.225 e. The average molecular weight is 525 g/mol. The van der Waals surface area contributed by atoms with E-state index in [2.05, 4.69) is 44.7 Å². The Morgan fingerprint density at radius 1 is 0.949 bits per heavy atom. The first-order valence-electron chi connectivity index (χ1n) is 13.6. The number of aliphatic hydroxyl groups excluding tert-OH is 2. The molecule has 39 heavy (non-hydrogen) atoms. The molecule has 200 valence electrons. The van der Waals surface area contributed by atoms with E-state index in [4.69, 9.17) is 8.94 Å². The second kappa shape index (κ2) is 11.4. The minimum Gasteiger partial charge on any atom is -0.465 e. The maximum Gasteiger partial charge on any atom is 0.225 e. The lowest BCUT2D eigenvalue weighted by Crippen LogP contribution is -2.11. The van der Waals surface area contributed by atoms with Crippen LogP contribution in [-0.2, 0) is 0 Å². The number of fused-ring (bicyclic) bond motifs is 1. The summed E-state index contributed by atoms with van der Waals surface area (Å²) >= 11 is 0. The SMILES string of the molecule is OCC1CCCC(c2ccc(-c3onc4ccc(-c5ccnc(NC(O)c6ccco6)n5)cc34)cc2)CCC1. The lowest BCUT2D eigenvalue weighted by Gasteiger charge is -2.24. The fourth-order valence-corrected chi connectivity index (χ4v) is 5.56. The number of furan rings is 1. The number of benzene rings is 2. The lowest BCUT2D eigenvalue weighted by molar-refractivity contribution is 0.177. The van der Waals surface area contributed by atoms with Crippen LogP contribution in [0.1, 0.15) is 62.0 Å². The Labute approximate surface area is 226 Å². The van der Waals surface area contributed by atoms with E-state index in [1.165, 1.54) is 24.7 Å². The van der Waals surface area contributed by atoms with Gasteiger partial charge in [0.15, 0.2) is 17.7 Å². The van der Waals surface area contributed by atoms with Gasteiger partial charge in [-0.15, -0.1) is 0 Å². The van der Waals surface area contributed by atoms with Crippen molar-refractivity contribution in [3.05, 3.63) is 84.4 Å². The highest BCUT2D eigenvalue weighted by Crippen LogP contribution is 2.36. The van der Waals surface area contributed by atoms with Crippen molar-refractivity contribution >= 4 is 16.9 Å². The average Bonchev–Trinajstić information content (AvgIpc) is 3.64. The van der Waals surface area contributed by atoms with E-state index in [0.29, 0.717) is 35.8 Å². The Balaban J connectivity index is 1.22. The van der Waals surface area contributed by atoms with Gasteiger partial charge in [-0.3, -0.25) is 0 Å². The second-order valence-electron chi connectivity index (χ2n) is 10.3. The van der Waals surface area contributed by atoms with E-state index < -0.39 is 6.23 Å². The molecule has 1 unspecified atom stereocenters. The van der Waals surface area contributed by atoms with E-state index in [1.54, 1.807) is 18.3 Å². The van der Waals surface area contributed by atoms with E-state index in [0.717, 1.165) is 53.5 Å². The molecule has 3 aromatic heterocycles. The highest BCUT2D eigenvalue weighted by molar-refractivity contribution is 5.94. The second-order valence-corrected chi connectivity index (χ2v) is 10.3. The molecule has 1 aliphatic carbocycles. The number of nitrogens with one attached hydrogen (secondary N) is 1. The van der Waals surface area contributed by atoms with Gasteiger partial charge in [0.05, 0.1) is 17.3 Å². The minimum atomic E-state index is -1.05. The Hall–Kier alpha value is -4.01. The van der Waals surface area contributed by atoms with Gasteiger partial charge in [-0.1, -0.05) is 48.3 Å². The van der Waals surface area contributed by atoms with Crippen LogP contribution in [-0.4, -0.2) is 31.9 Å². The summed E-state index contributed by atoms with van der Waals surface area (Å²) in [4.78, 5) is 8.82. The van der Waals surface area contributed by atoms with Crippen LogP contribution in [0.4, 0.5) is 5.95 Å². The molecule has 8 nitrogen and oxygen atoms in total. The molecule has 0 radical (unpaired) electrons. The number of rotatable bonds is 7. The van der Waals surface area contributed by atoms with Crippen LogP contribution in [0.15, 0.2) is 82.1 Å². The number of anilines is 1. The Morgan fingerprint density at radius 3 is 2.49 bits per heavy atom. The zero-order valence-corrected chi connectivity index (χ0v) is 21.7. The number of aliphatic hydroxyl groups is 2. The fourth-order valence-electron chi connectivity index (χ4n) is 5.56. The van der Waals surface area contributed by atoms with Crippen LogP contribution in [0.5, 0.6) is 0 Å². The normalized spacial score (nSPS) is 18.9. The predicted molar refractivity (Wildman–Crippen MR) is 149 cm³/mol. The van der Waals surface area contributed by atoms with Gasteiger partial charge in [0, 0.05) is 23.9 Å². The molecule has 0 spiro atoms. The van der Waals surface area contributed by atoms with Crippen molar-refractivity contribution in [2.45, 2.75) is 50.7 Å². The van der Waals surface area contributed by atoms with Crippen LogP contribution in [0.2, 0.25) is 0 Å². The third-order valence-corrected chi connectivity index (χ3v) is 7.74. The lowest BCUT2D eigenvalue weighted by atomic mass is 9.82. The summed E-state index contributed by atoms with van der Waals surface area (Å²) in [6.07, 6.45) is 8.99. The molecule has 1 atom stereocenters. The van der Waals surface area contributed by atoms with Crippen molar-refractivity contribution in [3.8, 4) is 22.6 Å². The Bertz CT molecular complexity index is 1500. The van der Waals surface area contributed by atoms with Gasteiger partial charge in [0.25, 0.3) is 0 Å². The highest BCUT2D eigenvalue weighted by Gasteiger charge is 2.19. The van der Waals surface area contributed by atoms with E-state index >= 15 is 0 Å².